The molecule has 0 bridgehead atoms. The molecule has 0 spiro atoms. The molecule has 2 aromatic rings. The van der Waals surface area contributed by atoms with Crippen LogP contribution in [-0.4, -0.2) is 10.8 Å². The first kappa shape index (κ1) is 17.2. The quantitative estimate of drug-likeness (QED) is 0.343. The lowest BCUT2D eigenvalue weighted by Crippen LogP contribution is -1.93. The molecule has 25 heavy (non-hydrogen) atoms. The van der Waals surface area contributed by atoms with Gasteiger partial charge in [-0.3, -0.25) is 0 Å². The maximum atomic E-state index is 12.8. The van der Waals surface area contributed by atoms with Gasteiger partial charge in [0, 0.05) is 12.8 Å². The molecule has 2 aliphatic carbocycles. The summed E-state index contributed by atoms with van der Waals surface area (Å²) in [6.45, 7) is 2.60. The molecule has 0 unspecified atom stereocenters. The topological polar surface area (TPSA) is 41.1 Å². The van der Waals surface area contributed by atoms with Crippen LogP contribution < -0.4 is 0 Å². The molecule has 0 aliphatic heterocycles. The van der Waals surface area contributed by atoms with Gasteiger partial charge >= 0.3 is 0 Å². The number of fused-ring (bicyclic) bond motifs is 1. The van der Waals surface area contributed by atoms with Crippen molar-refractivity contribution in [1.82, 2.24) is 4.57 Å². The maximum absolute atomic E-state index is 12.8. The summed E-state index contributed by atoms with van der Waals surface area (Å²) >= 11 is 6.43. The minimum atomic E-state index is -0.290. The van der Waals surface area contributed by atoms with Crippen LogP contribution in [-0.2, 0) is 6.54 Å². The summed E-state index contributed by atoms with van der Waals surface area (Å²) < 4.78 is 15.2. The normalized spacial score (nSPS) is 10.9. The minimum absolute atomic E-state index is 0.290. The molecular weight excluding hydrogens is 353 g/mol. The van der Waals surface area contributed by atoms with Crippen molar-refractivity contribution in [2.75, 3.05) is 0 Å². The van der Waals surface area contributed by atoms with E-state index >= 15 is 0 Å². The standard InChI is InChI=1S/C13H10FN3S2.C6H4/c1-2-17-12(11(7-15)19-13(17)18)16-8-9-3-5-10(14)6-4-9;1-2-5-4-6(5)3-1/h3-6,8H,2H2,1H3;1-4H. The van der Waals surface area contributed by atoms with E-state index in [1.807, 2.05) is 6.92 Å². The van der Waals surface area contributed by atoms with E-state index in [9.17, 15) is 4.39 Å². The largest absolute Gasteiger partial charge is 0.307 e. The van der Waals surface area contributed by atoms with Crippen LogP contribution in [0.1, 0.15) is 17.4 Å². The second kappa shape index (κ2) is 7.51. The van der Waals surface area contributed by atoms with Crippen molar-refractivity contribution in [2.24, 2.45) is 4.99 Å². The molecule has 1 aromatic heterocycles. The third-order valence-electron chi connectivity index (χ3n) is 3.60. The Labute approximate surface area is 154 Å². The number of nitriles is 1. The SMILES string of the molecule is CCn1c(N=Cc2ccc(F)cc2)c(C#N)sc1=S.c1cc2cc-2c1. The number of aromatic nitrogens is 1. The van der Waals surface area contributed by atoms with Crippen LogP contribution in [0.3, 0.4) is 0 Å². The molecule has 3 nitrogen and oxygen atoms in total. The number of nitrogens with zero attached hydrogens (tertiary/aromatic N) is 3. The van der Waals surface area contributed by atoms with E-state index in [2.05, 4.69) is 35.3 Å². The van der Waals surface area contributed by atoms with Crippen molar-refractivity contribution < 1.29 is 4.39 Å². The highest BCUT2D eigenvalue weighted by atomic mass is 32.1. The van der Waals surface area contributed by atoms with E-state index in [4.69, 9.17) is 17.5 Å². The summed E-state index contributed by atoms with van der Waals surface area (Å²) in [4.78, 5) is 4.80. The Morgan fingerprint density at radius 1 is 1.24 bits per heavy atom. The van der Waals surface area contributed by atoms with Gasteiger partial charge in [0.05, 0.1) is 0 Å². The van der Waals surface area contributed by atoms with Crippen LogP contribution in [0.15, 0.2) is 53.5 Å². The highest BCUT2D eigenvalue weighted by Crippen LogP contribution is 2.32. The molecule has 0 amide bonds. The fraction of sp³-hybridized carbons (Fsp3) is 0.105. The number of hydrogen-bond donors (Lipinski definition) is 0. The number of halogens is 1. The van der Waals surface area contributed by atoms with Crippen molar-refractivity contribution in [3.8, 4) is 17.2 Å². The summed E-state index contributed by atoms with van der Waals surface area (Å²) in [5, 5.41) is 9.06. The fourth-order valence-corrected chi connectivity index (χ4v) is 3.50. The first-order valence-corrected chi connectivity index (χ1v) is 8.88. The van der Waals surface area contributed by atoms with Gasteiger partial charge in [-0.05, 0) is 54.0 Å². The van der Waals surface area contributed by atoms with Gasteiger partial charge in [-0.1, -0.05) is 41.7 Å². The van der Waals surface area contributed by atoms with Crippen molar-refractivity contribution in [3.63, 3.8) is 0 Å². The smallest absolute Gasteiger partial charge is 0.164 e. The van der Waals surface area contributed by atoms with Gasteiger partial charge in [0.15, 0.2) is 14.6 Å². The van der Waals surface area contributed by atoms with Gasteiger partial charge in [0.1, 0.15) is 11.9 Å². The molecular formula is C19H14FN3S2. The molecule has 4 rings (SSSR count). The van der Waals surface area contributed by atoms with Crippen molar-refractivity contribution in [2.45, 2.75) is 13.5 Å². The van der Waals surface area contributed by atoms with Gasteiger partial charge in [0.25, 0.3) is 0 Å². The minimum Gasteiger partial charge on any atom is -0.307 e. The lowest BCUT2D eigenvalue weighted by molar-refractivity contribution is 0.628. The Morgan fingerprint density at radius 3 is 2.40 bits per heavy atom. The van der Waals surface area contributed by atoms with Crippen LogP contribution in [0.25, 0.3) is 11.1 Å². The Bertz CT molecular complexity index is 1010. The molecule has 6 heteroatoms. The number of thiazole rings is 1. The van der Waals surface area contributed by atoms with Gasteiger partial charge in [-0.15, -0.1) is 0 Å². The summed E-state index contributed by atoms with van der Waals surface area (Å²) in [7, 11) is 0. The van der Waals surface area contributed by atoms with E-state index < -0.39 is 0 Å². The van der Waals surface area contributed by atoms with Gasteiger partial charge in [-0.25, -0.2) is 9.38 Å². The van der Waals surface area contributed by atoms with E-state index in [0.717, 1.165) is 5.56 Å². The number of aliphatic imine (C=N–C) groups is 1. The average Bonchev–Trinajstić information content (AvgIpc) is 3.09. The van der Waals surface area contributed by atoms with Gasteiger partial charge < -0.3 is 4.57 Å². The molecule has 0 fully saturated rings. The predicted molar refractivity (Wildman–Crippen MR) is 103 cm³/mol. The Morgan fingerprint density at radius 2 is 1.92 bits per heavy atom. The van der Waals surface area contributed by atoms with Crippen LogP contribution in [0, 0.1) is 21.1 Å². The zero-order valence-electron chi connectivity index (χ0n) is 13.4. The highest BCUT2D eigenvalue weighted by Gasteiger charge is 2.10. The third-order valence-corrected chi connectivity index (χ3v) is 4.95. The molecule has 0 saturated heterocycles. The first-order chi connectivity index (χ1) is 12.1. The second-order valence-electron chi connectivity index (χ2n) is 5.27. The zero-order valence-corrected chi connectivity index (χ0v) is 15.1. The Balaban J connectivity index is 0.000000250. The first-order valence-electron chi connectivity index (χ1n) is 7.66. The fourth-order valence-electron chi connectivity index (χ4n) is 2.24. The van der Waals surface area contributed by atoms with Crippen LogP contribution in [0.5, 0.6) is 0 Å². The van der Waals surface area contributed by atoms with Crippen molar-refractivity contribution in [1.29, 1.82) is 5.26 Å². The molecule has 1 aromatic carbocycles. The number of rotatable bonds is 3. The van der Waals surface area contributed by atoms with Gasteiger partial charge in [0.2, 0.25) is 0 Å². The summed E-state index contributed by atoms with van der Waals surface area (Å²) in [5.41, 5.74) is 3.62. The molecule has 2 aliphatic rings. The summed E-state index contributed by atoms with van der Waals surface area (Å²) in [6.07, 6.45) is 1.60. The lowest BCUT2D eigenvalue weighted by atomic mass is 10.2. The summed E-state index contributed by atoms with van der Waals surface area (Å²) in [6, 6.07) is 16.6. The zero-order chi connectivity index (χ0) is 17.8. The van der Waals surface area contributed by atoms with Crippen LogP contribution in [0.4, 0.5) is 10.2 Å². The van der Waals surface area contributed by atoms with E-state index in [1.165, 1.54) is 34.6 Å². The molecule has 0 atom stereocenters. The van der Waals surface area contributed by atoms with E-state index in [1.54, 1.807) is 22.9 Å². The molecule has 124 valence electrons. The average molecular weight is 367 g/mol. The van der Waals surface area contributed by atoms with Crippen LogP contribution >= 0.6 is 23.6 Å². The number of benzene rings is 2. The van der Waals surface area contributed by atoms with Crippen molar-refractivity contribution in [3.05, 3.63) is 68.7 Å². The van der Waals surface area contributed by atoms with Gasteiger partial charge in [-0.2, -0.15) is 5.26 Å². The lowest BCUT2D eigenvalue weighted by Gasteiger charge is -2.00. The second-order valence-corrected chi connectivity index (χ2v) is 6.91. The van der Waals surface area contributed by atoms with Crippen molar-refractivity contribution >= 4 is 35.6 Å². The summed E-state index contributed by atoms with van der Waals surface area (Å²) in [5.74, 6) is 0.270. The van der Waals surface area contributed by atoms with E-state index in [-0.39, 0.29) is 5.82 Å². The third kappa shape index (κ3) is 4.08. The maximum Gasteiger partial charge on any atom is 0.164 e. The Kier molecular flexibility index (Phi) is 5.17. The number of hydrogen-bond acceptors (Lipinski definition) is 4. The molecule has 0 radical (unpaired) electrons. The predicted octanol–water partition coefficient (Wildman–Crippen LogP) is 5.73. The van der Waals surface area contributed by atoms with Crippen LogP contribution in [0.2, 0.25) is 0 Å². The molecule has 0 saturated carbocycles. The monoisotopic (exact) mass is 367 g/mol. The highest BCUT2D eigenvalue weighted by molar-refractivity contribution is 7.73. The molecule has 1 heterocycles. The molecule has 0 N–H and O–H groups in total. The van der Waals surface area contributed by atoms with E-state index in [0.29, 0.717) is 21.2 Å². The Hall–Kier alpha value is -2.62.